The Morgan fingerprint density at radius 3 is 2.78 bits per heavy atom. The van der Waals surface area contributed by atoms with Crippen molar-refractivity contribution >= 4 is 22.7 Å². The van der Waals surface area contributed by atoms with Crippen molar-refractivity contribution in [2.45, 2.75) is 32.2 Å². The SMILES string of the molecule is CCCN(c1nc(N)nc2ccccc12)C1CC1. The topological polar surface area (TPSA) is 55.0 Å². The number of benzene rings is 1. The van der Waals surface area contributed by atoms with E-state index in [4.69, 9.17) is 5.73 Å². The van der Waals surface area contributed by atoms with Crippen molar-refractivity contribution in [3.05, 3.63) is 24.3 Å². The molecule has 0 amide bonds. The van der Waals surface area contributed by atoms with E-state index in [1.165, 1.54) is 12.8 Å². The molecule has 0 spiro atoms. The van der Waals surface area contributed by atoms with E-state index in [-0.39, 0.29) is 0 Å². The molecule has 1 aliphatic carbocycles. The molecule has 18 heavy (non-hydrogen) atoms. The van der Waals surface area contributed by atoms with E-state index in [1.54, 1.807) is 0 Å². The maximum absolute atomic E-state index is 5.83. The number of nitrogen functional groups attached to an aromatic ring is 1. The minimum absolute atomic E-state index is 0.366. The summed E-state index contributed by atoms with van der Waals surface area (Å²) in [5.41, 5.74) is 6.76. The molecule has 0 aliphatic heterocycles. The fourth-order valence-electron chi connectivity index (χ4n) is 2.38. The van der Waals surface area contributed by atoms with Crippen LogP contribution in [-0.2, 0) is 0 Å². The van der Waals surface area contributed by atoms with Crippen LogP contribution in [0, 0.1) is 0 Å². The summed E-state index contributed by atoms with van der Waals surface area (Å²) in [4.78, 5) is 11.2. The quantitative estimate of drug-likeness (QED) is 0.895. The normalized spacial score (nSPS) is 14.9. The second-order valence-corrected chi connectivity index (χ2v) is 4.85. The van der Waals surface area contributed by atoms with E-state index >= 15 is 0 Å². The first-order valence-electron chi connectivity index (χ1n) is 6.58. The molecule has 2 N–H and O–H groups in total. The van der Waals surface area contributed by atoms with Crippen LogP contribution >= 0.6 is 0 Å². The van der Waals surface area contributed by atoms with Gasteiger partial charge in [-0.3, -0.25) is 0 Å². The number of para-hydroxylation sites is 1. The lowest BCUT2D eigenvalue weighted by atomic mass is 10.2. The fourth-order valence-corrected chi connectivity index (χ4v) is 2.38. The molecule has 0 saturated heterocycles. The van der Waals surface area contributed by atoms with Crippen LogP contribution in [0.4, 0.5) is 11.8 Å². The average molecular weight is 242 g/mol. The van der Waals surface area contributed by atoms with Crippen LogP contribution in [0.15, 0.2) is 24.3 Å². The van der Waals surface area contributed by atoms with Gasteiger partial charge in [0.15, 0.2) is 0 Å². The van der Waals surface area contributed by atoms with Gasteiger partial charge in [0.2, 0.25) is 5.95 Å². The van der Waals surface area contributed by atoms with E-state index in [0.29, 0.717) is 12.0 Å². The lowest BCUT2D eigenvalue weighted by Gasteiger charge is -2.24. The summed E-state index contributed by atoms with van der Waals surface area (Å²) in [7, 11) is 0. The summed E-state index contributed by atoms with van der Waals surface area (Å²) in [6.07, 6.45) is 3.64. The van der Waals surface area contributed by atoms with Gasteiger partial charge in [0.25, 0.3) is 0 Å². The van der Waals surface area contributed by atoms with Gasteiger partial charge in [-0.1, -0.05) is 19.1 Å². The molecule has 1 aliphatic rings. The highest BCUT2D eigenvalue weighted by Crippen LogP contribution is 2.34. The maximum Gasteiger partial charge on any atom is 0.222 e. The first-order valence-corrected chi connectivity index (χ1v) is 6.58. The molecular weight excluding hydrogens is 224 g/mol. The first-order chi connectivity index (χ1) is 8.79. The molecule has 4 heteroatoms. The predicted molar refractivity (Wildman–Crippen MR) is 74.6 cm³/mol. The zero-order valence-electron chi connectivity index (χ0n) is 10.6. The van der Waals surface area contributed by atoms with E-state index in [1.807, 2.05) is 18.2 Å². The van der Waals surface area contributed by atoms with Gasteiger partial charge < -0.3 is 10.6 Å². The molecule has 1 aromatic heterocycles. The Labute approximate surface area is 107 Å². The Hall–Kier alpha value is -1.84. The van der Waals surface area contributed by atoms with Gasteiger partial charge in [-0.15, -0.1) is 0 Å². The highest BCUT2D eigenvalue weighted by molar-refractivity contribution is 5.90. The van der Waals surface area contributed by atoms with Gasteiger partial charge in [0.1, 0.15) is 5.82 Å². The highest BCUT2D eigenvalue weighted by Gasteiger charge is 2.30. The summed E-state index contributed by atoms with van der Waals surface area (Å²) >= 11 is 0. The Kier molecular flexibility index (Phi) is 2.78. The van der Waals surface area contributed by atoms with Gasteiger partial charge in [-0.2, -0.15) is 4.98 Å². The lowest BCUT2D eigenvalue weighted by Crippen LogP contribution is -2.28. The van der Waals surface area contributed by atoms with E-state index < -0.39 is 0 Å². The molecule has 1 saturated carbocycles. The third-order valence-electron chi connectivity index (χ3n) is 3.32. The van der Waals surface area contributed by atoms with Gasteiger partial charge in [0, 0.05) is 18.0 Å². The van der Waals surface area contributed by atoms with Crippen LogP contribution in [-0.4, -0.2) is 22.6 Å². The Balaban J connectivity index is 2.13. The van der Waals surface area contributed by atoms with Crippen molar-refractivity contribution in [3.8, 4) is 0 Å². The van der Waals surface area contributed by atoms with Crippen LogP contribution in [0.3, 0.4) is 0 Å². The predicted octanol–water partition coefficient (Wildman–Crippen LogP) is 2.59. The van der Waals surface area contributed by atoms with Gasteiger partial charge >= 0.3 is 0 Å². The molecule has 3 rings (SSSR count). The third kappa shape index (κ3) is 1.98. The van der Waals surface area contributed by atoms with Crippen molar-refractivity contribution < 1.29 is 0 Å². The number of anilines is 2. The molecular formula is C14H18N4. The smallest absolute Gasteiger partial charge is 0.222 e. The lowest BCUT2D eigenvalue weighted by molar-refractivity contribution is 0.754. The number of fused-ring (bicyclic) bond motifs is 1. The zero-order chi connectivity index (χ0) is 12.5. The molecule has 4 nitrogen and oxygen atoms in total. The standard InChI is InChI=1S/C14H18N4/c1-2-9-18(10-7-8-10)13-11-5-3-4-6-12(11)16-14(15)17-13/h3-6,10H,2,7-9H2,1H3,(H2,15,16,17). The summed E-state index contributed by atoms with van der Waals surface area (Å²) in [6.45, 7) is 3.23. The number of nitrogens with zero attached hydrogens (tertiary/aromatic N) is 3. The van der Waals surface area contributed by atoms with Crippen LogP contribution in [0.25, 0.3) is 10.9 Å². The number of aromatic nitrogens is 2. The van der Waals surface area contributed by atoms with Crippen molar-refractivity contribution in [2.75, 3.05) is 17.2 Å². The number of rotatable bonds is 4. The van der Waals surface area contributed by atoms with Gasteiger partial charge in [-0.25, -0.2) is 4.98 Å². The monoisotopic (exact) mass is 242 g/mol. The van der Waals surface area contributed by atoms with Crippen LogP contribution < -0.4 is 10.6 Å². The molecule has 1 heterocycles. The molecule has 0 bridgehead atoms. The maximum atomic E-state index is 5.83. The Bertz CT molecular complexity index is 563. The summed E-state index contributed by atoms with van der Waals surface area (Å²) < 4.78 is 0. The van der Waals surface area contributed by atoms with Crippen molar-refractivity contribution in [1.82, 2.24) is 9.97 Å². The molecule has 2 aromatic rings. The van der Waals surface area contributed by atoms with Crippen LogP contribution in [0.2, 0.25) is 0 Å². The molecule has 0 unspecified atom stereocenters. The molecule has 1 fully saturated rings. The highest BCUT2D eigenvalue weighted by atomic mass is 15.2. The van der Waals surface area contributed by atoms with Crippen LogP contribution in [0.1, 0.15) is 26.2 Å². The van der Waals surface area contributed by atoms with Gasteiger partial charge in [0.05, 0.1) is 5.52 Å². The number of hydrogen-bond acceptors (Lipinski definition) is 4. The largest absolute Gasteiger partial charge is 0.368 e. The molecule has 94 valence electrons. The van der Waals surface area contributed by atoms with Crippen LogP contribution in [0.5, 0.6) is 0 Å². The van der Waals surface area contributed by atoms with E-state index in [2.05, 4.69) is 27.9 Å². The second kappa shape index (κ2) is 4.44. The molecule has 1 aromatic carbocycles. The minimum Gasteiger partial charge on any atom is -0.368 e. The Morgan fingerprint density at radius 2 is 2.06 bits per heavy atom. The molecule has 0 atom stereocenters. The van der Waals surface area contributed by atoms with E-state index in [9.17, 15) is 0 Å². The zero-order valence-corrected chi connectivity index (χ0v) is 10.6. The van der Waals surface area contributed by atoms with Gasteiger partial charge in [-0.05, 0) is 31.4 Å². The fraction of sp³-hybridized carbons (Fsp3) is 0.429. The third-order valence-corrected chi connectivity index (χ3v) is 3.32. The summed E-state index contributed by atoms with van der Waals surface area (Å²) in [5, 5.41) is 1.10. The Morgan fingerprint density at radius 1 is 1.28 bits per heavy atom. The van der Waals surface area contributed by atoms with Crippen molar-refractivity contribution in [1.29, 1.82) is 0 Å². The first kappa shape index (κ1) is 11.3. The molecule has 0 radical (unpaired) electrons. The summed E-state index contributed by atoms with van der Waals surface area (Å²) in [5.74, 6) is 1.37. The van der Waals surface area contributed by atoms with E-state index in [0.717, 1.165) is 29.7 Å². The number of hydrogen-bond donors (Lipinski definition) is 1. The van der Waals surface area contributed by atoms with Crippen molar-refractivity contribution in [2.24, 2.45) is 0 Å². The average Bonchev–Trinajstić information content (AvgIpc) is 3.19. The minimum atomic E-state index is 0.366. The second-order valence-electron chi connectivity index (χ2n) is 4.85. The summed E-state index contributed by atoms with van der Waals surface area (Å²) in [6, 6.07) is 8.73. The van der Waals surface area contributed by atoms with Crippen molar-refractivity contribution in [3.63, 3.8) is 0 Å². The number of nitrogens with two attached hydrogens (primary N) is 1.